The quantitative estimate of drug-likeness (QED) is 0.364. The van der Waals surface area contributed by atoms with Crippen LogP contribution >= 0.6 is 34.4 Å². The van der Waals surface area contributed by atoms with Crippen LogP contribution in [0.4, 0.5) is 5.00 Å². The second kappa shape index (κ2) is 10.5. The number of carbonyl (C=O) groups excluding carboxylic acids is 1. The van der Waals surface area contributed by atoms with Crippen LogP contribution in [0.25, 0.3) is 11.4 Å². The van der Waals surface area contributed by atoms with E-state index in [1.807, 2.05) is 11.3 Å². The second-order valence-electron chi connectivity index (χ2n) is 9.62. The highest BCUT2D eigenvalue weighted by atomic mass is 32.2. The topological polar surface area (TPSA) is 83.6 Å². The van der Waals surface area contributed by atoms with E-state index in [4.69, 9.17) is 0 Å². The zero-order valence-corrected chi connectivity index (χ0v) is 23.0. The summed E-state index contributed by atoms with van der Waals surface area (Å²) in [7, 11) is 0. The monoisotopic (exact) mass is 525 g/mol. The van der Waals surface area contributed by atoms with Crippen molar-refractivity contribution in [2.24, 2.45) is 11.8 Å². The molecule has 0 saturated heterocycles. The molecule has 0 bridgehead atoms. The molecule has 2 aliphatic carbocycles. The van der Waals surface area contributed by atoms with Gasteiger partial charge in [-0.3, -0.25) is 4.79 Å². The maximum absolute atomic E-state index is 12.9. The zero-order valence-electron chi connectivity index (χ0n) is 20.5. The molecule has 9 heteroatoms. The van der Waals surface area contributed by atoms with Crippen molar-refractivity contribution in [2.75, 3.05) is 11.1 Å². The van der Waals surface area contributed by atoms with E-state index in [0.29, 0.717) is 16.5 Å². The Morgan fingerprint density at radius 3 is 2.83 bits per heavy atom. The number of nitriles is 1. The van der Waals surface area contributed by atoms with E-state index >= 15 is 0 Å². The van der Waals surface area contributed by atoms with Gasteiger partial charge in [0.05, 0.1) is 11.3 Å². The van der Waals surface area contributed by atoms with E-state index in [-0.39, 0.29) is 11.7 Å². The van der Waals surface area contributed by atoms with Crippen molar-refractivity contribution in [3.8, 4) is 17.5 Å². The van der Waals surface area contributed by atoms with E-state index < -0.39 is 0 Å². The molecule has 0 saturated carbocycles. The van der Waals surface area contributed by atoms with Gasteiger partial charge >= 0.3 is 0 Å². The molecule has 3 aromatic heterocycles. The number of amides is 1. The van der Waals surface area contributed by atoms with Crippen LogP contribution in [0, 0.1) is 23.2 Å². The fourth-order valence-corrected chi connectivity index (χ4v) is 8.62. The minimum absolute atomic E-state index is 0.105. The number of thiophene rings is 2. The lowest BCUT2D eigenvalue weighted by atomic mass is 9.86. The molecule has 1 N–H and O–H groups in total. The lowest BCUT2D eigenvalue weighted by molar-refractivity contribution is -0.113. The number of aromatic nitrogens is 3. The first-order valence-electron chi connectivity index (χ1n) is 12.5. The summed E-state index contributed by atoms with van der Waals surface area (Å²) >= 11 is 4.83. The highest BCUT2D eigenvalue weighted by molar-refractivity contribution is 7.99. The number of hydrogen-bond donors (Lipinski definition) is 1. The normalized spacial score (nSPS) is 19.1. The predicted octanol–water partition coefficient (Wildman–Crippen LogP) is 6.33. The summed E-state index contributed by atoms with van der Waals surface area (Å²) in [5, 5.41) is 25.4. The molecule has 0 fully saturated rings. The molecular formula is C26H31N5OS3. The highest BCUT2D eigenvalue weighted by Crippen LogP contribution is 2.41. The third-order valence-electron chi connectivity index (χ3n) is 7.32. The van der Waals surface area contributed by atoms with Gasteiger partial charge in [0.2, 0.25) is 5.91 Å². The van der Waals surface area contributed by atoms with Crippen LogP contribution < -0.4 is 5.32 Å². The van der Waals surface area contributed by atoms with Crippen LogP contribution in [0.3, 0.4) is 0 Å². The van der Waals surface area contributed by atoms with Crippen molar-refractivity contribution in [3.63, 3.8) is 0 Å². The Bertz CT molecular complexity index is 1280. The van der Waals surface area contributed by atoms with Gasteiger partial charge in [0.15, 0.2) is 11.0 Å². The molecule has 2 atom stereocenters. The average molecular weight is 526 g/mol. The largest absolute Gasteiger partial charge is 0.316 e. The van der Waals surface area contributed by atoms with Crippen LogP contribution in [0.5, 0.6) is 0 Å². The molecule has 0 spiro atoms. The Hall–Kier alpha value is -2.15. The standard InChI is InChI=1S/C26H31N5OS3/c1-4-16-7-9-17-19(12-27)25(35-22(17)11-16)28-23(32)14-34-26-30-29-24(31(26)5-2)20-13-33-21-10-15(3)6-8-18(20)21/h13,15-16H,4-11,14H2,1-3H3,(H,28,32). The molecule has 3 aromatic rings. The molecule has 35 heavy (non-hydrogen) atoms. The van der Waals surface area contributed by atoms with Gasteiger partial charge in [-0.25, -0.2) is 0 Å². The zero-order chi connectivity index (χ0) is 24.5. The van der Waals surface area contributed by atoms with Crippen LogP contribution in [0.15, 0.2) is 10.5 Å². The van der Waals surface area contributed by atoms with Crippen molar-refractivity contribution in [3.05, 3.63) is 31.8 Å². The van der Waals surface area contributed by atoms with Gasteiger partial charge in [0.1, 0.15) is 11.1 Å². The summed E-state index contributed by atoms with van der Waals surface area (Å²) < 4.78 is 2.12. The Morgan fingerprint density at radius 1 is 1.23 bits per heavy atom. The van der Waals surface area contributed by atoms with Crippen molar-refractivity contribution in [2.45, 2.75) is 77.4 Å². The van der Waals surface area contributed by atoms with Gasteiger partial charge in [0.25, 0.3) is 0 Å². The summed E-state index contributed by atoms with van der Waals surface area (Å²) in [5.41, 5.74) is 4.44. The number of nitrogens with zero attached hydrogens (tertiary/aromatic N) is 4. The maximum Gasteiger partial charge on any atom is 0.235 e. The molecule has 0 aliphatic heterocycles. The van der Waals surface area contributed by atoms with Crippen LogP contribution in [0.1, 0.15) is 66.5 Å². The van der Waals surface area contributed by atoms with Gasteiger partial charge in [-0.05, 0) is 68.4 Å². The van der Waals surface area contributed by atoms with Crippen LogP contribution in [0.2, 0.25) is 0 Å². The minimum atomic E-state index is -0.105. The van der Waals surface area contributed by atoms with E-state index in [0.717, 1.165) is 67.5 Å². The Morgan fingerprint density at radius 2 is 2.06 bits per heavy atom. The molecule has 0 radical (unpaired) electrons. The third-order valence-corrected chi connectivity index (χ3v) is 10.5. The molecule has 184 valence electrons. The summed E-state index contributed by atoms with van der Waals surface area (Å²) in [6.45, 7) is 7.39. The van der Waals surface area contributed by atoms with E-state index in [2.05, 4.69) is 52.3 Å². The molecule has 0 aromatic carbocycles. The second-order valence-corrected chi connectivity index (χ2v) is 12.6. The lowest BCUT2D eigenvalue weighted by Crippen LogP contribution is -2.15. The van der Waals surface area contributed by atoms with Crippen molar-refractivity contribution in [1.29, 1.82) is 5.26 Å². The number of fused-ring (bicyclic) bond motifs is 2. The smallest absolute Gasteiger partial charge is 0.235 e. The van der Waals surface area contributed by atoms with Gasteiger partial charge < -0.3 is 9.88 Å². The number of anilines is 1. The summed E-state index contributed by atoms with van der Waals surface area (Å²) in [5.74, 6) is 2.46. The summed E-state index contributed by atoms with van der Waals surface area (Å²) in [6.07, 6.45) is 7.70. The first-order valence-corrected chi connectivity index (χ1v) is 15.2. The number of rotatable bonds is 7. The van der Waals surface area contributed by atoms with Gasteiger partial charge in [-0.1, -0.05) is 32.0 Å². The van der Waals surface area contributed by atoms with Crippen LogP contribution in [-0.2, 0) is 37.0 Å². The number of thioether (sulfide) groups is 1. The van der Waals surface area contributed by atoms with E-state index in [9.17, 15) is 10.1 Å². The Balaban J connectivity index is 1.28. The van der Waals surface area contributed by atoms with Gasteiger partial charge in [0, 0.05) is 27.2 Å². The summed E-state index contributed by atoms with van der Waals surface area (Å²) in [6, 6.07) is 2.34. The Labute approximate surface area is 219 Å². The van der Waals surface area contributed by atoms with E-state index in [1.165, 1.54) is 39.1 Å². The first kappa shape index (κ1) is 24.5. The van der Waals surface area contributed by atoms with E-state index in [1.54, 1.807) is 11.3 Å². The fraction of sp³-hybridized carbons (Fsp3) is 0.538. The highest BCUT2D eigenvalue weighted by Gasteiger charge is 2.27. The summed E-state index contributed by atoms with van der Waals surface area (Å²) in [4.78, 5) is 15.6. The predicted molar refractivity (Wildman–Crippen MR) is 144 cm³/mol. The molecule has 1 amide bonds. The molecule has 3 heterocycles. The van der Waals surface area contributed by atoms with Crippen molar-refractivity contribution in [1.82, 2.24) is 14.8 Å². The lowest BCUT2D eigenvalue weighted by Gasteiger charge is -2.20. The average Bonchev–Trinajstić information content (AvgIpc) is 3.55. The molecule has 5 rings (SSSR count). The SMILES string of the molecule is CCC1CCc2c(sc(NC(=O)CSc3nnc(-c4csc5c4CCC(C)C5)n3CC)c2C#N)C1. The van der Waals surface area contributed by atoms with Crippen molar-refractivity contribution >= 4 is 45.3 Å². The number of nitrogens with one attached hydrogen (secondary N) is 1. The molecule has 2 aliphatic rings. The fourth-order valence-electron chi connectivity index (χ4n) is 5.25. The number of carbonyl (C=O) groups is 1. The first-order chi connectivity index (χ1) is 17.0. The van der Waals surface area contributed by atoms with Gasteiger partial charge in [-0.2, -0.15) is 5.26 Å². The number of hydrogen-bond acceptors (Lipinski definition) is 7. The van der Waals surface area contributed by atoms with Crippen LogP contribution in [-0.4, -0.2) is 26.4 Å². The Kier molecular flexibility index (Phi) is 7.33. The minimum Gasteiger partial charge on any atom is -0.316 e. The maximum atomic E-state index is 12.9. The van der Waals surface area contributed by atoms with Gasteiger partial charge in [-0.15, -0.1) is 32.9 Å². The molecule has 2 unspecified atom stereocenters. The van der Waals surface area contributed by atoms with Crippen molar-refractivity contribution < 1.29 is 4.79 Å². The molecular weight excluding hydrogens is 495 g/mol. The third kappa shape index (κ3) is 4.81. The molecule has 6 nitrogen and oxygen atoms in total.